The van der Waals surface area contributed by atoms with Gasteiger partial charge in [0.2, 0.25) is 0 Å². The molecule has 3 nitrogen and oxygen atoms in total. The van der Waals surface area contributed by atoms with Crippen molar-refractivity contribution in [3.05, 3.63) is 42.6 Å². The van der Waals surface area contributed by atoms with Gasteiger partial charge in [-0.05, 0) is 12.1 Å². The lowest BCUT2D eigenvalue weighted by atomic mass is 10.2. The van der Waals surface area contributed by atoms with E-state index in [0.717, 1.165) is 31.8 Å². The highest BCUT2D eigenvalue weighted by molar-refractivity contribution is 5.77. The quantitative estimate of drug-likeness (QED) is 0.729. The van der Waals surface area contributed by atoms with Gasteiger partial charge in [-0.3, -0.25) is 4.98 Å². The van der Waals surface area contributed by atoms with Crippen molar-refractivity contribution < 1.29 is 4.74 Å². The maximum absolute atomic E-state index is 5.01. The molecule has 0 spiro atoms. The van der Waals surface area contributed by atoms with Crippen LogP contribution in [0.25, 0.3) is 10.9 Å². The standard InChI is InChI=1S/C9H7N.C4H9NO/c1-2-6-9-8(4-1)5-3-7-10-9;1-3-6-4-2-5-1/h1-7H;5H,1-4H2. The molecule has 0 aliphatic carbocycles. The third-order valence-corrected chi connectivity index (χ3v) is 2.36. The first kappa shape index (κ1) is 11.0. The van der Waals surface area contributed by atoms with Crippen LogP contribution in [0, 0.1) is 0 Å². The van der Waals surface area contributed by atoms with Crippen molar-refractivity contribution >= 4 is 10.9 Å². The Bertz CT molecular complexity index is 350. The summed E-state index contributed by atoms with van der Waals surface area (Å²) in [6, 6.07) is 12.1. The Balaban J connectivity index is 0.000000138. The van der Waals surface area contributed by atoms with Gasteiger partial charge < -0.3 is 10.1 Å². The van der Waals surface area contributed by atoms with Crippen LogP contribution in [0.4, 0.5) is 0 Å². The summed E-state index contributed by atoms with van der Waals surface area (Å²) in [5.74, 6) is 0. The molecule has 0 bridgehead atoms. The molecule has 1 aliphatic heterocycles. The van der Waals surface area contributed by atoms with Gasteiger partial charge in [0.25, 0.3) is 0 Å². The molecule has 1 N–H and O–H groups in total. The van der Waals surface area contributed by atoms with Crippen molar-refractivity contribution in [3.63, 3.8) is 0 Å². The highest BCUT2D eigenvalue weighted by atomic mass is 16.5. The SMILES string of the molecule is C1COCCN1.c1ccc2ncccc2c1. The van der Waals surface area contributed by atoms with Crippen LogP contribution in [0.1, 0.15) is 0 Å². The molecule has 0 unspecified atom stereocenters. The summed E-state index contributed by atoms with van der Waals surface area (Å²) in [6.07, 6.45) is 1.81. The van der Waals surface area contributed by atoms with Crippen LogP contribution >= 0.6 is 0 Å². The zero-order valence-electron chi connectivity index (χ0n) is 9.23. The van der Waals surface area contributed by atoms with Crippen LogP contribution < -0.4 is 5.32 Å². The van der Waals surface area contributed by atoms with Crippen LogP contribution in [0.15, 0.2) is 42.6 Å². The molecule has 3 rings (SSSR count). The van der Waals surface area contributed by atoms with Gasteiger partial charge in [0.1, 0.15) is 0 Å². The number of nitrogens with one attached hydrogen (secondary N) is 1. The third kappa shape index (κ3) is 3.29. The Hall–Kier alpha value is -1.45. The molecule has 0 atom stereocenters. The largest absolute Gasteiger partial charge is 0.379 e. The first-order valence-corrected chi connectivity index (χ1v) is 5.55. The topological polar surface area (TPSA) is 34.1 Å². The summed E-state index contributed by atoms with van der Waals surface area (Å²) in [6.45, 7) is 3.83. The van der Waals surface area contributed by atoms with Crippen LogP contribution in [0.5, 0.6) is 0 Å². The van der Waals surface area contributed by atoms with E-state index in [1.54, 1.807) is 0 Å². The lowest BCUT2D eigenvalue weighted by Crippen LogP contribution is -2.30. The van der Waals surface area contributed by atoms with E-state index in [4.69, 9.17) is 4.74 Å². The number of hydrogen-bond donors (Lipinski definition) is 1. The second-order valence-electron chi connectivity index (χ2n) is 3.56. The minimum Gasteiger partial charge on any atom is -0.379 e. The number of hydrogen-bond acceptors (Lipinski definition) is 3. The normalized spacial score (nSPS) is 15.2. The van der Waals surface area contributed by atoms with Crippen molar-refractivity contribution in [2.45, 2.75) is 0 Å². The summed E-state index contributed by atoms with van der Waals surface area (Å²) in [4.78, 5) is 4.18. The van der Waals surface area contributed by atoms with E-state index in [1.165, 1.54) is 5.39 Å². The summed E-state index contributed by atoms with van der Waals surface area (Å²) in [7, 11) is 0. The molecular formula is C13H16N2O. The van der Waals surface area contributed by atoms with Gasteiger partial charge in [-0.15, -0.1) is 0 Å². The number of para-hydroxylation sites is 1. The smallest absolute Gasteiger partial charge is 0.0701 e. The molecule has 16 heavy (non-hydrogen) atoms. The van der Waals surface area contributed by atoms with Gasteiger partial charge in [-0.1, -0.05) is 24.3 Å². The zero-order valence-corrected chi connectivity index (χ0v) is 9.23. The van der Waals surface area contributed by atoms with Crippen LogP contribution in [-0.4, -0.2) is 31.3 Å². The molecule has 84 valence electrons. The summed E-state index contributed by atoms with van der Waals surface area (Å²) in [5, 5.41) is 4.36. The highest BCUT2D eigenvalue weighted by Crippen LogP contribution is 2.07. The van der Waals surface area contributed by atoms with Gasteiger partial charge in [-0.2, -0.15) is 0 Å². The Labute approximate surface area is 95.5 Å². The molecule has 1 aromatic heterocycles. The Kier molecular flexibility index (Phi) is 4.28. The second-order valence-corrected chi connectivity index (χ2v) is 3.56. The molecule has 2 heterocycles. The van der Waals surface area contributed by atoms with E-state index in [9.17, 15) is 0 Å². The second kappa shape index (κ2) is 6.20. The summed E-state index contributed by atoms with van der Waals surface area (Å²) >= 11 is 0. The van der Waals surface area contributed by atoms with Crippen LogP contribution in [0.3, 0.4) is 0 Å². The van der Waals surface area contributed by atoms with Crippen LogP contribution in [0.2, 0.25) is 0 Å². The van der Waals surface area contributed by atoms with Gasteiger partial charge in [0, 0.05) is 24.7 Å². The molecule has 0 amide bonds. The van der Waals surface area contributed by atoms with Crippen molar-refractivity contribution in [2.75, 3.05) is 26.3 Å². The van der Waals surface area contributed by atoms with Gasteiger partial charge in [-0.25, -0.2) is 0 Å². The Morgan fingerprint density at radius 1 is 1.00 bits per heavy atom. The first-order chi connectivity index (χ1) is 7.97. The van der Waals surface area contributed by atoms with Crippen LogP contribution in [-0.2, 0) is 4.74 Å². The fourth-order valence-electron chi connectivity index (χ4n) is 1.53. The van der Waals surface area contributed by atoms with Crippen molar-refractivity contribution in [3.8, 4) is 0 Å². The minimum atomic E-state index is 0.889. The first-order valence-electron chi connectivity index (χ1n) is 5.55. The van der Waals surface area contributed by atoms with E-state index >= 15 is 0 Å². The Morgan fingerprint density at radius 3 is 2.38 bits per heavy atom. The number of fused-ring (bicyclic) bond motifs is 1. The van der Waals surface area contributed by atoms with Gasteiger partial charge in [0.05, 0.1) is 18.7 Å². The fourth-order valence-corrected chi connectivity index (χ4v) is 1.53. The molecule has 1 saturated heterocycles. The highest BCUT2D eigenvalue weighted by Gasteiger charge is 1.93. The van der Waals surface area contributed by atoms with Gasteiger partial charge >= 0.3 is 0 Å². The predicted octanol–water partition coefficient (Wildman–Crippen LogP) is 1.84. The summed E-state index contributed by atoms with van der Waals surface area (Å²) in [5.41, 5.74) is 1.06. The number of pyridine rings is 1. The average Bonchev–Trinajstić information content (AvgIpc) is 2.42. The van der Waals surface area contributed by atoms with E-state index in [1.807, 2.05) is 30.5 Å². The number of benzene rings is 1. The maximum atomic E-state index is 5.01. The monoisotopic (exact) mass is 216 g/mol. The van der Waals surface area contributed by atoms with E-state index in [-0.39, 0.29) is 0 Å². The molecule has 2 aromatic rings. The third-order valence-electron chi connectivity index (χ3n) is 2.36. The molecule has 3 heteroatoms. The minimum absolute atomic E-state index is 0.889. The Morgan fingerprint density at radius 2 is 1.75 bits per heavy atom. The van der Waals surface area contributed by atoms with Crippen molar-refractivity contribution in [1.82, 2.24) is 10.3 Å². The number of aromatic nitrogens is 1. The lowest BCUT2D eigenvalue weighted by molar-refractivity contribution is 0.109. The lowest BCUT2D eigenvalue weighted by Gasteiger charge is -2.10. The molecule has 1 aromatic carbocycles. The average molecular weight is 216 g/mol. The maximum Gasteiger partial charge on any atom is 0.0701 e. The molecule has 1 aliphatic rings. The summed E-state index contributed by atoms with van der Waals surface area (Å²) < 4.78 is 5.01. The van der Waals surface area contributed by atoms with E-state index in [0.29, 0.717) is 0 Å². The zero-order chi connectivity index (χ0) is 11.1. The van der Waals surface area contributed by atoms with Gasteiger partial charge in [0.15, 0.2) is 0 Å². The van der Waals surface area contributed by atoms with Crippen molar-refractivity contribution in [2.24, 2.45) is 0 Å². The molecule has 0 radical (unpaired) electrons. The molecule has 1 fully saturated rings. The molecule has 0 saturated carbocycles. The number of morpholine rings is 1. The van der Waals surface area contributed by atoms with E-state index in [2.05, 4.69) is 22.4 Å². The number of ether oxygens (including phenoxy) is 1. The fraction of sp³-hybridized carbons (Fsp3) is 0.308. The predicted molar refractivity (Wildman–Crippen MR) is 65.4 cm³/mol. The van der Waals surface area contributed by atoms with E-state index < -0.39 is 0 Å². The molecular weight excluding hydrogens is 200 g/mol. The number of nitrogens with zero attached hydrogens (tertiary/aromatic N) is 1. The van der Waals surface area contributed by atoms with Crippen molar-refractivity contribution in [1.29, 1.82) is 0 Å². The number of rotatable bonds is 0.